The van der Waals surface area contributed by atoms with Crippen molar-refractivity contribution in [2.45, 2.75) is 51.5 Å². The highest BCUT2D eigenvalue weighted by Gasteiger charge is 2.23. The second-order valence-electron chi connectivity index (χ2n) is 5.81. The Morgan fingerprint density at radius 1 is 0.944 bits per heavy atom. The molecule has 1 aliphatic heterocycles. The molecule has 2 fully saturated rings. The van der Waals surface area contributed by atoms with Crippen LogP contribution in [0.4, 0.5) is 0 Å². The van der Waals surface area contributed by atoms with Crippen molar-refractivity contribution in [1.29, 1.82) is 0 Å². The van der Waals surface area contributed by atoms with Crippen LogP contribution in [0, 0.1) is 0 Å². The second-order valence-corrected chi connectivity index (χ2v) is 6.98. The van der Waals surface area contributed by atoms with Crippen molar-refractivity contribution >= 4 is 11.3 Å². The van der Waals surface area contributed by atoms with E-state index in [4.69, 9.17) is 4.98 Å². The summed E-state index contributed by atoms with van der Waals surface area (Å²) in [6, 6.07) is 0. The number of piperidine rings is 1. The molecule has 1 saturated carbocycles. The molecule has 2 nitrogen and oxygen atoms in total. The zero-order chi connectivity index (χ0) is 11.9. The van der Waals surface area contributed by atoms with Gasteiger partial charge in [0, 0.05) is 18.0 Å². The fraction of sp³-hybridized carbons (Fsp3) is 0.667. The molecule has 0 bridgehead atoms. The van der Waals surface area contributed by atoms with Crippen LogP contribution in [-0.2, 0) is 19.4 Å². The van der Waals surface area contributed by atoms with E-state index in [1.54, 1.807) is 16.0 Å². The van der Waals surface area contributed by atoms with E-state index < -0.39 is 0 Å². The Balaban J connectivity index is 1.38. The Kier molecular flexibility index (Phi) is 2.77. The summed E-state index contributed by atoms with van der Waals surface area (Å²) in [6.45, 7) is 3.60. The van der Waals surface area contributed by atoms with Crippen LogP contribution in [-0.4, -0.2) is 23.0 Å². The Bertz CT molecular complexity index is 463. The van der Waals surface area contributed by atoms with Gasteiger partial charge >= 0.3 is 0 Å². The molecule has 0 atom stereocenters. The van der Waals surface area contributed by atoms with Crippen LogP contribution in [0.15, 0.2) is 11.1 Å². The number of nitrogens with zero attached hydrogens (tertiary/aromatic N) is 2. The number of allylic oxidation sites excluding steroid dienone is 1. The largest absolute Gasteiger partial charge is 0.296 e. The van der Waals surface area contributed by atoms with Gasteiger partial charge in [0.2, 0.25) is 0 Å². The molecular formula is C15H20N2S. The first-order valence-corrected chi connectivity index (χ1v) is 8.10. The van der Waals surface area contributed by atoms with Crippen molar-refractivity contribution in [1.82, 2.24) is 9.88 Å². The third-order valence-corrected chi connectivity index (χ3v) is 5.60. The highest BCUT2D eigenvalue weighted by atomic mass is 32.1. The molecule has 3 heteroatoms. The van der Waals surface area contributed by atoms with E-state index in [-0.39, 0.29) is 0 Å². The maximum atomic E-state index is 4.82. The van der Waals surface area contributed by atoms with Crippen molar-refractivity contribution in [2.75, 3.05) is 13.1 Å². The van der Waals surface area contributed by atoms with E-state index >= 15 is 0 Å². The lowest BCUT2D eigenvalue weighted by Gasteiger charge is -2.27. The van der Waals surface area contributed by atoms with Gasteiger partial charge in [0.15, 0.2) is 0 Å². The Hall–Kier alpha value is -0.670. The maximum Gasteiger partial charge on any atom is 0.107 e. The Labute approximate surface area is 113 Å². The van der Waals surface area contributed by atoms with Crippen LogP contribution in [0.3, 0.4) is 0 Å². The summed E-state index contributed by atoms with van der Waals surface area (Å²) in [4.78, 5) is 8.99. The number of rotatable bonds is 2. The van der Waals surface area contributed by atoms with Gasteiger partial charge in [0.05, 0.1) is 12.2 Å². The molecule has 0 spiro atoms. The van der Waals surface area contributed by atoms with Gasteiger partial charge in [-0.2, -0.15) is 0 Å². The molecular weight excluding hydrogens is 240 g/mol. The van der Waals surface area contributed by atoms with Crippen molar-refractivity contribution in [2.24, 2.45) is 0 Å². The van der Waals surface area contributed by atoms with E-state index in [0.717, 1.165) is 6.54 Å². The average molecular weight is 260 g/mol. The zero-order valence-electron chi connectivity index (χ0n) is 10.9. The van der Waals surface area contributed by atoms with Crippen LogP contribution in [0.1, 0.15) is 47.7 Å². The molecule has 2 aliphatic carbocycles. The fourth-order valence-electron chi connectivity index (χ4n) is 3.25. The number of fused-ring (bicyclic) bond motifs is 1. The van der Waals surface area contributed by atoms with Crippen molar-refractivity contribution < 1.29 is 0 Å². The number of aryl methyl sites for hydroxylation is 2. The summed E-state index contributed by atoms with van der Waals surface area (Å²) in [5.41, 5.74) is 4.98. The third-order valence-electron chi connectivity index (χ3n) is 4.46. The minimum absolute atomic E-state index is 1.10. The van der Waals surface area contributed by atoms with Crippen molar-refractivity contribution in [3.8, 4) is 0 Å². The quantitative estimate of drug-likeness (QED) is 0.758. The molecule has 18 heavy (non-hydrogen) atoms. The van der Waals surface area contributed by atoms with Gasteiger partial charge in [-0.05, 0) is 44.9 Å². The summed E-state index contributed by atoms with van der Waals surface area (Å²) in [5, 5.41) is 1.36. The Morgan fingerprint density at radius 2 is 1.72 bits per heavy atom. The van der Waals surface area contributed by atoms with E-state index in [2.05, 4.69) is 4.90 Å². The van der Waals surface area contributed by atoms with Crippen LogP contribution >= 0.6 is 11.3 Å². The van der Waals surface area contributed by atoms with Crippen LogP contribution in [0.5, 0.6) is 0 Å². The summed E-state index contributed by atoms with van der Waals surface area (Å²) >= 11 is 1.97. The molecule has 2 heterocycles. The van der Waals surface area contributed by atoms with E-state index in [9.17, 15) is 0 Å². The number of aromatic nitrogens is 1. The van der Waals surface area contributed by atoms with Crippen molar-refractivity contribution in [3.63, 3.8) is 0 Å². The minimum atomic E-state index is 1.10. The highest BCUT2D eigenvalue weighted by molar-refractivity contribution is 7.11. The lowest BCUT2D eigenvalue weighted by atomic mass is 10.0. The van der Waals surface area contributed by atoms with E-state index in [1.165, 1.54) is 68.7 Å². The van der Waals surface area contributed by atoms with Gasteiger partial charge < -0.3 is 0 Å². The first-order valence-electron chi connectivity index (χ1n) is 7.28. The molecule has 0 N–H and O–H groups in total. The lowest BCUT2D eigenvalue weighted by molar-refractivity contribution is 0.247. The first-order chi connectivity index (χ1) is 8.88. The van der Waals surface area contributed by atoms with Gasteiger partial charge in [-0.1, -0.05) is 11.1 Å². The Morgan fingerprint density at radius 3 is 2.44 bits per heavy atom. The topological polar surface area (TPSA) is 16.1 Å². The normalized spacial score (nSPS) is 23.6. The molecule has 3 aliphatic rings. The van der Waals surface area contributed by atoms with E-state index in [0.29, 0.717) is 0 Å². The smallest absolute Gasteiger partial charge is 0.107 e. The van der Waals surface area contributed by atoms with Crippen LogP contribution < -0.4 is 0 Å². The van der Waals surface area contributed by atoms with Crippen LogP contribution in [0.25, 0.3) is 0 Å². The molecule has 0 amide bonds. The lowest BCUT2D eigenvalue weighted by Crippen LogP contribution is -2.30. The number of hydrogen-bond donors (Lipinski definition) is 0. The van der Waals surface area contributed by atoms with Gasteiger partial charge in [0.1, 0.15) is 5.01 Å². The molecule has 1 aromatic heterocycles. The predicted octanol–water partition coefficient (Wildman–Crippen LogP) is 3.32. The maximum absolute atomic E-state index is 4.82. The van der Waals surface area contributed by atoms with Gasteiger partial charge in [-0.3, -0.25) is 4.90 Å². The predicted molar refractivity (Wildman–Crippen MR) is 74.9 cm³/mol. The molecule has 0 unspecified atom stereocenters. The second kappa shape index (κ2) is 4.46. The molecule has 0 aromatic carbocycles. The van der Waals surface area contributed by atoms with Crippen molar-refractivity contribution in [3.05, 3.63) is 26.7 Å². The molecule has 96 valence electrons. The summed E-state index contributed by atoms with van der Waals surface area (Å²) in [6.07, 6.45) is 9.27. The van der Waals surface area contributed by atoms with Gasteiger partial charge in [-0.25, -0.2) is 4.98 Å². The summed E-state index contributed by atoms with van der Waals surface area (Å²) < 4.78 is 0. The highest BCUT2D eigenvalue weighted by Crippen LogP contribution is 2.36. The average Bonchev–Trinajstić information content (AvgIpc) is 3.02. The number of likely N-dealkylation sites (tertiary alicyclic amines) is 1. The monoisotopic (exact) mass is 260 g/mol. The van der Waals surface area contributed by atoms with E-state index in [1.807, 2.05) is 11.3 Å². The SMILES string of the molecule is C1Cc2nc(CN3CCC(=C4CC4)CC3)sc2C1. The fourth-order valence-corrected chi connectivity index (χ4v) is 4.45. The molecule has 4 rings (SSSR count). The molecule has 0 radical (unpaired) electrons. The van der Waals surface area contributed by atoms with Crippen LogP contribution in [0.2, 0.25) is 0 Å². The number of thiazole rings is 1. The zero-order valence-corrected chi connectivity index (χ0v) is 11.7. The third kappa shape index (κ3) is 2.14. The number of hydrogen-bond acceptors (Lipinski definition) is 3. The van der Waals surface area contributed by atoms with Gasteiger partial charge in [-0.15, -0.1) is 11.3 Å². The standard InChI is InChI=1S/C15H20N2S/c1-2-13-14(3-1)18-15(16-13)10-17-8-6-12(7-9-17)11-4-5-11/h1-10H2. The molecule has 1 aromatic rings. The summed E-state index contributed by atoms with van der Waals surface area (Å²) in [5.74, 6) is 0. The first kappa shape index (κ1) is 11.2. The molecule has 1 saturated heterocycles. The minimum Gasteiger partial charge on any atom is -0.296 e. The summed E-state index contributed by atoms with van der Waals surface area (Å²) in [7, 11) is 0. The van der Waals surface area contributed by atoms with Gasteiger partial charge in [0.25, 0.3) is 0 Å².